The Morgan fingerprint density at radius 2 is 1.85 bits per heavy atom. The van der Waals surface area contributed by atoms with E-state index >= 15 is 0 Å². The van der Waals surface area contributed by atoms with Crippen LogP contribution in [0, 0.1) is 20.8 Å². The van der Waals surface area contributed by atoms with Gasteiger partial charge in [-0.2, -0.15) is 0 Å². The van der Waals surface area contributed by atoms with E-state index in [4.69, 9.17) is 0 Å². The van der Waals surface area contributed by atoms with Crippen molar-refractivity contribution in [3.05, 3.63) is 58.4 Å². The molecule has 20 heavy (non-hydrogen) atoms. The minimum absolute atomic E-state index is 0.765. The molecule has 0 radical (unpaired) electrons. The van der Waals surface area contributed by atoms with Crippen LogP contribution in [0.1, 0.15) is 40.8 Å². The Kier molecular flexibility index (Phi) is 3.66. The van der Waals surface area contributed by atoms with Crippen molar-refractivity contribution in [2.24, 2.45) is 0 Å². The van der Waals surface area contributed by atoms with Crippen LogP contribution in [0.4, 0.5) is 0 Å². The van der Waals surface area contributed by atoms with Gasteiger partial charge < -0.3 is 9.88 Å². The average molecular weight is 268 g/mol. The molecule has 0 unspecified atom stereocenters. The summed E-state index contributed by atoms with van der Waals surface area (Å²) in [6, 6.07) is 9.72. The topological polar surface area (TPSA) is 17.0 Å². The second kappa shape index (κ2) is 5.45. The zero-order valence-corrected chi connectivity index (χ0v) is 12.7. The quantitative estimate of drug-likeness (QED) is 0.874. The van der Waals surface area contributed by atoms with E-state index in [0.717, 1.165) is 19.1 Å². The molecule has 106 valence electrons. The Labute approximate surface area is 121 Å². The first kappa shape index (κ1) is 13.4. The van der Waals surface area contributed by atoms with Crippen molar-refractivity contribution < 1.29 is 0 Å². The number of aromatic nitrogens is 1. The van der Waals surface area contributed by atoms with Gasteiger partial charge in [-0.05, 0) is 62.4 Å². The maximum absolute atomic E-state index is 3.60. The molecule has 0 aliphatic heterocycles. The summed E-state index contributed by atoms with van der Waals surface area (Å²) in [7, 11) is 0. The molecule has 0 atom stereocenters. The normalized spacial score (nSPS) is 14.8. The van der Waals surface area contributed by atoms with Gasteiger partial charge in [0.05, 0.1) is 0 Å². The summed E-state index contributed by atoms with van der Waals surface area (Å²) in [5.41, 5.74) is 7.00. The van der Waals surface area contributed by atoms with E-state index in [1.807, 2.05) is 0 Å². The Morgan fingerprint density at radius 3 is 2.50 bits per heavy atom. The third kappa shape index (κ3) is 2.96. The molecule has 2 heteroatoms. The average Bonchev–Trinajstić information content (AvgIpc) is 3.11. The first-order valence-electron chi connectivity index (χ1n) is 7.57. The van der Waals surface area contributed by atoms with Crippen molar-refractivity contribution in [3.63, 3.8) is 0 Å². The Morgan fingerprint density at radius 1 is 1.15 bits per heavy atom. The first-order valence-corrected chi connectivity index (χ1v) is 7.57. The second-order valence-electron chi connectivity index (χ2n) is 6.16. The Balaban J connectivity index is 1.78. The summed E-state index contributed by atoms with van der Waals surface area (Å²) in [6.45, 7) is 8.58. The molecule has 1 N–H and O–H groups in total. The molecule has 1 fully saturated rings. The third-order valence-electron chi connectivity index (χ3n) is 4.24. The SMILES string of the molecule is Cc1cc(C)c(Cn2cccc2CNC2CC2)c(C)c1. The van der Waals surface area contributed by atoms with Gasteiger partial charge in [-0.3, -0.25) is 0 Å². The number of hydrogen-bond acceptors (Lipinski definition) is 1. The molecular formula is C18H24N2. The van der Waals surface area contributed by atoms with E-state index in [0.29, 0.717) is 0 Å². The smallest absolute Gasteiger partial charge is 0.0478 e. The van der Waals surface area contributed by atoms with Gasteiger partial charge in [0, 0.05) is 31.0 Å². The van der Waals surface area contributed by atoms with E-state index in [9.17, 15) is 0 Å². The first-order chi connectivity index (χ1) is 9.63. The maximum atomic E-state index is 3.60. The van der Waals surface area contributed by atoms with Crippen LogP contribution >= 0.6 is 0 Å². The van der Waals surface area contributed by atoms with Crippen LogP contribution in [0.5, 0.6) is 0 Å². The highest BCUT2D eigenvalue weighted by molar-refractivity contribution is 5.38. The van der Waals surface area contributed by atoms with Gasteiger partial charge in [0.25, 0.3) is 0 Å². The molecule has 1 saturated carbocycles. The number of nitrogens with one attached hydrogen (secondary N) is 1. The van der Waals surface area contributed by atoms with Crippen molar-refractivity contribution >= 4 is 0 Å². The van der Waals surface area contributed by atoms with Crippen LogP contribution in [-0.4, -0.2) is 10.6 Å². The Hall–Kier alpha value is -1.54. The molecule has 1 aliphatic carbocycles. The van der Waals surface area contributed by atoms with E-state index in [1.165, 1.54) is 40.8 Å². The Bertz CT molecular complexity index is 583. The van der Waals surface area contributed by atoms with E-state index < -0.39 is 0 Å². The number of aryl methyl sites for hydroxylation is 3. The van der Waals surface area contributed by atoms with Crippen LogP contribution in [0.3, 0.4) is 0 Å². The fourth-order valence-corrected chi connectivity index (χ4v) is 2.93. The molecule has 0 saturated heterocycles. The summed E-state index contributed by atoms with van der Waals surface area (Å²) in [6.07, 6.45) is 4.89. The zero-order valence-electron chi connectivity index (χ0n) is 12.7. The minimum Gasteiger partial charge on any atom is -0.346 e. The van der Waals surface area contributed by atoms with Crippen LogP contribution in [0.2, 0.25) is 0 Å². The van der Waals surface area contributed by atoms with E-state index in [1.54, 1.807) is 0 Å². The van der Waals surface area contributed by atoms with Crippen molar-refractivity contribution in [3.8, 4) is 0 Å². The maximum Gasteiger partial charge on any atom is 0.0478 e. The molecule has 0 bridgehead atoms. The monoisotopic (exact) mass is 268 g/mol. The van der Waals surface area contributed by atoms with Crippen LogP contribution in [0.25, 0.3) is 0 Å². The lowest BCUT2D eigenvalue weighted by Crippen LogP contribution is -2.18. The van der Waals surface area contributed by atoms with E-state index in [-0.39, 0.29) is 0 Å². The zero-order chi connectivity index (χ0) is 14.1. The van der Waals surface area contributed by atoms with Crippen molar-refractivity contribution in [1.29, 1.82) is 0 Å². The van der Waals surface area contributed by atoms with Gasteiger partial charge in [0.1, 0.15) is 0 Å². The molecule has 1 heterocycles. The minimum atomic E-state index is 0.765. The van der Waals surface area contributed by atoms with Crippen molar-refractivity contribution in [2.75, 3.05) is 0 Å². The molecule has 2 aromatic rings. The summed E-state index contributed by atoms with van der Waals surface area (Å²) in [5.74, 6) is 0. The molecule has 2 nitrogen and oxygen atoms in total. The molecule has 1 aromatic heterocycles. The lowest BCUT2D eigenvalue weighted by atomic mass is 10.00. The van der Waals surface area contributed by atoms with Crippen molar-refractivity contribution in [1.82, 2.24) is 9.88 Å². The largest absolute Gasteiger partial charge is 0.346 e. The summed E-state index contributed by atoms with van der Waals surface area (Å²) in [5, 5.41) is 3.60. The lowest BCUT2D eigenvalue weighted by Gasteiger charge is -2.15. The number of nitrogens with zero attached hydrogens (tertiary/aromatic N) is 1. The van der Waals surface area contributed by atoms with Gasteiger partial charge in [-0.25, -0.2) is 0 Å². The molecule has 1 aromatic carbocycles. The van der Waals surface area contributed by atoms with Gasteiger partial charge in [0.15, 0.2) is 0 Å². The molecule has 3 rings (SSSR count). The number of benzene rings is 1. The fourth-order valence-electron chi connectivity index (χ4n) is 2.93. The summed E-state index contributed by atoms with van der Waals surface area (Å²) < 4.78 is 2.38. The predicted molar refractivity (Wildman–Crippen MR) is 84.0 cm³/mol. The predicted octanol–water partition coefficient (Wildman–Crippen LogP) is 3.71. The van der Waals surface area contributed by atoms with Crippen LogP contribution in [0.15, 0.2) is 30.5 Å². The van der Waals surface area contributed by atoms with Crippen LogP contribution in [-0.2, 0) is 13.1 Å². The summed E-state index contributed by atoms with van der Waals surface area (Å²) in [4.78, 5) is 0. The third-order valence-corrected chi connectivity index (χ3v) is 4.24. The van der Waals surface area contributed by atoms with Gasteiger partial charge in [-0.15, -0.1) is 0 Å². The second-order valence-corrected chi connectivity index (χ2v) is 6.16. The highest BCUT2D eigenvalue weighted by atomic mass is 15.0. The summed E-state index contributed by atoms with van der Waals surface area (Å²) >= 11 is 0. The van der Waals surface area contributed by atoms with Gasteiger partial charge in [0.2, 0.25) is 0 Å². The molecular weight excluding hydrogens is 244 g/mol. The molecule has 0 amide bonds. The molecule has 1 aliphatic rings. The standard InChI is InChI=1S/C18H24N2/c1-13-9-14(2)18(15(3)10-13)12-20-8-4-5-17(20)11-19-16-6-7-16/h4-5,8-10,16,19H,6-7,11-12H2,1-3H3. The molecule has 0 spiro atoms. The number of hydrogen-bond donors (Lipinski definition) is 1. The fraction of sp³-hybridized carbons (Fsp3) is 0.444. The van der Waals surface area contributed by atoms with Gasteiger partial charge in [-0.1, -0.05) is 17.7 Å². The van der Waals surface area contributed by atoms with Crippen LogP contribution < -0.4 is 5.32 Å². The lowest BCUT2D eigenvalue weighted by molar-refractivity contribution is 0.633. The van der Waals surface area contributed by atoms with Crippen molar-refractivity contribution in [2.45, 2.75) is 52.7 Å². The van der Waals surface area contributed by atoms with Gasteiger partial charge >= 0.3 is 0 Å². The highest BCUT2D eigenvalue weighted by Crippen LogP contribution is 2.21. The highest BCUT2D eigenvalue weighted by Gasteiger charge is 2.20. The number of rotatable bonds is 5. The van der Waals surface area contributed by atoms with E-state index in [2.05, 4.69) is 61.1 Å².